The van der Waals surface area contributed by atoms with Crippen molar-refractivity contribution in [1.82, 2.24) is 10.6 Å². The smallest absolute Gasteiger partial charge is 0.320 e. The maximum Gasteiger partial charge on any atom is 0.320 e. The molecule has 0 aliphatic heterocycles. The predicted molar refractivity (Wildman–Crippen MR) is 91.1 cm³/mol. The maximum atomic E-state index is 12.6. The van der Waals surface area contributed by atoms with Crippen molar-refractivity contribution >= 4 is 11.9 Å². The number of carboxylic acid groups (broad SMARTS) is 1. The summed E-state index contributed by atoms with van der Waals surface area (Å²) in [5.41, 5.74) is 0.368. The summed E-state index contributed by atoms with van der Waals surface area (Å²) < 4.78 is 0. The van der Waals surface area contributed by atoms with Gasteiger partial charge in [0.2, 0.25) is 5.91 Å². The minimum absolute atomic E-state index is 0.214. The molecule has 1 amide bonds. The van der Waals surface area contributed by atoms with E-state index in [4.69, 9.17) is 0 Å². The molecule has 5 nitrogen and oxygen atoms in total. The summed E-state index contributed by atoms with van der Waals surface area (Å²) in [5, 5.41) is 15.4. The highest BCUT2D eigenvalue weighted by Gasteiger charge is 2.29. The lowest BCUT2D eigenvalue weighted by Gasteiger charge is -2.28. The van der Waals surface area contributed by atoms with Gasteiger partial charge in [-0.2, -0.15) is 0 Å². The summed E-state index contributed by atoms with van der Waals surface area (Å²) in [6, 6.07) is 7.73. The first-order valence-corrected chi connectivity index (χ1v) is 7.96. The molecule has 0 aliphatic carbocycles. The summed E-state index contributed by atoms with van der Waals surface area (Å²) >= 11 is 0. The maximum absolute atomic E-state index is 12.6. The van der Waals surface area contributed by atoms with Crippen molar-refractivity contribution in [2.24, 2.45) is 5.92 Å². The number of carbonyl (C=O) groups excluding carboxylic acids is 1. The van der Waals surface area contributed by atoms with E-state index >= 15 is 0 Å². The zero-order valence-electron chi connectivity index (χ0n) is 14.6. The topological polar surface area (TPSA) is 78.4 Å². The monoisotopic (exact) mass is 320 g/mol. The van der Waals surface area contributed by atoms with E-state index in [1.165, 1.54) is 0 Å². The number of amides is 1. The average Bonchev–Trinajstić information content (AvgIpc) is 2.41. The van der Waals surface area contributed by atoms with Crippen molar-refractivity contribution in [3.05, 3.63) is 35.9 Å². The molecule has 0 unspecified atom stereocenters. The number of benzene rings is 1. The molecule has 1 rings (SSSR count). The van der Waals surface area contributed by atoms with Crippen LogP contribution in [0.3, 0.4) is 0 Å². The lowest BCUT2D eigenvalue weighted by molar-refractivity contribution is -0.140. The fourth-order valence-electron chi connectivity index (χ4n) is 2.32. The van der Waals surface area contributed by atoms with Crippen LogP contribution in [0.2, 0.25) is 0 Å². The molecule has 0 fully saturated rings. The Balaban J connectivity index is 3.04. The molecule has 0 heterocycles. The Hall–Kier alpha value is -1.88. The molecule has 0 aromatic heterocycles. The zero-order valence-corrected chi connectivity index (χ0v) is 14.6. The molecule has 5 heteroatoms. The quantitative estimate of drug-likeness (QED) is 0.722. The van der Waals surface area contributed by atoms with Crippen molar-refractivity contribution in [3.8, 4) is 0 Å². The van der Waals surface area contributed by atoms with Crippen molar-refractivity contribution in [3.63, 3.8) is 0 Å². The Morgan fingerprint density at radius 1 is 1.13 bits per heavy atom. The van der Waals surface area contributed by atoms with Crippen LogP contribution in [0.15, 0.2) is 30.3 Å². The van der Waals surface area contributed by atoms with Crippen LogP contribution in [-0.4, -0.2) is 28.6 Å². The molecule has 0 bridgehead atoms. The molecule has 1 aromatic rings. The fraction of sp³-hybridized carbons (Fsp3) is 0.556. The van der Waals surface area contributed by atoms with Gasteiger partial charge in [-0.1, -0.05) is 44.2 Å². The highest BCUT2D eigenvalue weighted by molar-refractivity contribution is 5.85. The molecule has 128 valence electrons. The van der Waals surface area contributed by atoms with Gasteiger partial charge in [-0.25, -0.2) is 0 Å². The Morgan fingerprint density at radius 3 is 2.13 bits per heavy atom. The second-order valence-electron chi connectivity index (χ2n) is 7.27. The van der Waals surface area contributed by atoms with E-state index in [2.05, 4.69) is 10.6 Å². The Kier molecular flexibility index (Phi) is 6.76. The molecule has 0 radical (unpaired) electrons. The van der Waals surface area contributed by atoms with Gasteiger partial charge in [0.25, 0.3) is 0 Å². The second-order valence-corrected chi connectivity index (χ2v) is 7.27. The van der Waals surface area contributed by atoms with Gasteiger partial charge in [0.05, 0.1) is 0 Å². The molecular weight excluding hydrogens is 292 g/mol. The van der Waals surface area contributed by atoms with E-state index in [0.29, 0.717) is 6.42 Å². The number of rotatable bonds is 7. The van der Waals surface area contributed by atoms with Gasteiger partial charge >= 0.3 is 5.97 Å². The van der Waals surface area contributed by atoms with Crippen LogP contribution in [0.4, 0.5) is 0 Å². The first-order valence-electron chi connectivity index (χ1n) is 7.96. The highest BCUT2D eigenvalue weighted by Crippen LogP contribution is 2.17. The molecule has 0 spiro atoms. The fourth-order valence-corrected chi connectivity index (χ4v) is 2.32. The predicted octanol–water partition coefficient (Wildman–Crippen LogP) is 2.73. The van der Waals surface area contributed by atoms with E-state index in [1.54, 1.807) is 0 Å². The Labute approximate surface area is 138 Å². The van der Waals surface area contributed by atoms with E-state index in [9.17, 15) is 14.7 Å². The van der Waals surface area contributed by atoms with Crippen LogP contribution in [0.5, 0.6) is 0 Å². The minimum Gasteiger partial charge on any atom is -0.480 e. The van der Waals surface area contributed by atoms with Crippen molar-refractivity contribution in [1.29, 1.82) is 0 Å². The van der Waals surface area contributed by atoms with Gasteiger partial charge in [-0.05, 0) is 38.7 Å². The molecule has 0 saturated heterocycles. The normalized spacial score (nSPS) is 14.3. The van der Waals surface area contributed by atoms with Crippen molar-refractivity contribution in [2.75, 3.05) is 0 Å². The van der Waals surface area contributed by atoms with Crippen LogP contribution in [0.25, 0.3) is 0 Å². The Morgan fingerprint density at radius 2 is 1.70 bits per heavy atom. The van der Waals surface area contributed by atoms with Crippen LogP contribution in [0, 0.1) is 5.92 Å². The molecule has 0 saturated carbocycles. The standard InChI is InChI=1S/C18H28N2O3/c1-12(2)11-14(17(22)23)19-15(13-9-7-6-8-10-13)16(21)20-18(3,4)5/h6-10,12,14-15,19H,11H2,1-5H3,(H,20,21)(H,22,23)/t14-,15-/m0/s1. The van der Waals surface area contributed by atoms with Gasteiger partial charge in [0.15, 0.2) is 0 Å². The number of hydrogen-bond acceptors (Lipinski definition) is 3. The van der Waals surface area contributed by atoms with Gasteiger partial charge < -0.3 is 10.4 Å². The molecule has 1 aromatic carbocycles. The van der Waals surface area contributed by atoms with Crippen molar-refractivity contribution < 1.29 is 14.7 Å². The number of aliphatic carboxylic acids is 1. The van der Waals surface area contributed by atoms with Crippen molar-refractivity contribution in [2.45, 2.75) is 58.7 Å². The van der Waals surface area contributed by atoms with Gasteiger partial charge in [0, 0.05) is 5.54 Å². The molecule has 3 N–H and O–H groups in total. The molecule has 0 aliphatic rings. The highest BCUT2D eigenvalue weighted by atomic mass is 16.4. The lowest BCUT2D eigenvalue weighted by Crippen LogP contribution is -2.50. The van der Waals surface area contributed by atoms with Crippen LogP contribution < -0.4 is 10.6 Å². The SMILES string of the molecule is CC(C)C[C@H](N[C@H](C(=O)NC(C)(C)C)c1ccccc1)C(=O)O. The number of carbonyl (C=O) groups is 2. The van der Waals surface area contributed by atoms with Gasteiger partial charge in [0.1, 0.15) is 12.1 Å². The summed E-state index contributed by atoms with van der Waals surface area (Å²) in [6.07, 6.45) is 0.460. The first kappa shape index (κ1) is 19.2. The summed E-state index contributed by atoms with van der Waals surface area (Å²) in [7, 11) is 0. The van der Waals surface area contributed by atoms with Crippen LogP contribution in [-0.2, 0) is 9.59 Å². The molecule has 2 atom stereocenters. The van der Waals surface area contributed by atoms with E-state index in [1.807, 2.05) is 65.0 Å². The first-order chi connectivity index (χ1) is 10.6. The third kappa shape index (κ3) is 6.82. The van der Waals surface area contributed by atoms with E-state index in [0.717, 1.165) is 5.56 Å². The van der Waals surface area contributed by atoms with E-state index in [-0.39, 0.29) is 17.4 Å². The molecular formula is C18H28N2O3. The largest absolute Gasteiger partial charge is 0.480 e. The lowest BCUT2D eigenvalue weighted by atomic mass is 9.99. The third-order valence-electron chi connectivity index (χ3n) is 3.27. The average molecular weight is 320 g/mol. The van der Waals surface area contributed by atoms with Crippen LogP contribution in [0.1, 0.15) is 52.6 Å². The zero-order chi connectivity index (χ0) is 17.6. The number of carboxylic acids is 1. The Bertz CT molecular complexity index is 521. The number of nitrogens with one attached hydrogen (secondary N) is 2. The van der Waals surface area contributed by atoms with Gasteiger partial charge in [-0.15, -0.1) is 0 Å². The minimum atomic E-state index is -0.941. The summed E-state index contributed by atoms with van der Waals surface area (Å²) in [6.45, 7) is 9.62. The third-order valence-corrected chi connectivity index (χ3v) is 3.27. The van der Waals surface area contributed by atoms with Crippen LogP contribution >= 0.6 is 0 Å². The number of hydrogen-bond donors (Lipinski definition) is 3. The second kappa shape index (κ2) is 8.11. The van der Waals surface area contributed by atoms with Gasteiger partial charge in [-0.3, -0.25) is 14.9 Å². The summed E-state index contributed by atoms with van der Waals surface area (Å²) in [5.74, 6) is -0.951. The molecule has 23 heavy (non-hydrogen) atoms. The summed E-state index contributed by atoms with van der Waals surface area (Å²) in [4.78, 5) is 24.2. The van der Waals surface area contributed by atoms with E-state index < -0.39 is 18.1 Å².